The molecule has 2 N–H and O–H groups in total. The molecular weight excluding hydrogens is 336 g/mol. The zero-order valence-electron chi connectivity index (χ0n) is 15.0. The average molecular weight is 356 g/mol. The molecule has 0 spiro atoms. The number of amides is 2. The molecule has 0 aliphatic rings. The lowest BCUT2D eigenvalue weighted by Gasteiger charge is -2.11. The molecule has 3 aromatic rings. The molecule has 0 atom stereocenters. The van der Waals surface area contributed by atoms with Crippen molar-refractivity contribution in [1.29, 1.82) is 0 Å². The van der Waals surface area contributed by atoms with Crippen LogP contribution in [0, 0.1) is 0 Å². The van der Waals surface area contributed by atoms with Crippen LogP contribution in [0.25, 0.3) is 11.6 Å². The number of hydrogen-bond acceptors (Lipinski definition) is 2. The molecule has 3 aromatic carbocycles. The van der Waals surface area contributed by atoms with E-state index >= 15 is 0 Å². The molecule has 0 unspecified atom stereocenters. The van der Waals surface area contributed by atoms with Gasteiger partial charge in [-0.05, 0) is 41.5 Å². The zero-order valence-corrected chi connectivity index (χ0v) is 15.0. The summed E-state index contributed by atoms with van der Waals surface area (Å²) in [5, 5.41) is 5.62. The second-order valence-corrected chi connectivity index (χ2v) is 6.05. The molecule has 0 heterocycles. The van der Waals surface area contributed by atoms with Gasteiger partial charge in [0.25, 0.3) is 5.91 Å². The Bertz CT molecular complexity index is 947. The molecule has 0 aromatic heterocycles. The predicted molar refractivity (Wildman–Crippen MR) is 110 cm³/mol. The quantitative estimate of drug-likeness (QED) is 0.508. The minimum Gasteiger partial charge on any atom is -0.326 e. The van der Waals surface area contributed by atoms with Gasteiger partial charge in [-0.15, -0.1) is 0 Å². The molecule has 0 fully saturated rings. The third kappa shape index (κ3) is 5.16. The standard InChI is InChI=1S/C23H20N2O2/c1-17(26)24-20-12-14-21(15-13-20)25-23(27)22(19-10-6-3-7-11-19)16-18-8-4-2-5-9-18/h2-16H,1H3,(H,24,26)(H,25,27)/b22-16+. The topological polar surface area (TPSA) is 58.2 Å². The van der Waals surface area contributed by atoms with E-state index in [-0.39, 0.29) is 11.8 Å². The molecule has 0 aliphatic heterocycles. The van der Waals surface area contributed by atoms with Crippen LogP contribution >= 0.6 is 0 Å². The second kappa shape index (κ2) is 8.63. The van der Waals surface area contributed by atoms with E-state index in [9.17, 15) is 9.59 Å². The molecule has 4 heteroatoms. The van der Waals surface area contributed by atoms with Gasteiger partial charge < -0.3 is 10.6 Å². The minimum atomic E-state index is -0.197. The number of rotatable bonds is 5. The van der Waals surface area contributed by atoms with Gasteiger partial charge in [0.15, 0.2) is 0 Å². The van der Waals surface area contributed by atoms with E-state index in [4.69, 9.17) is 0 Å². The van der Waals surface area contributed by atoms with Gasteiger partial charge in [-0.2, -0.15) is 0 Å². The molecular formula is C23H20N2O2. The van der Waals surface area contributed by atoms with Crippen molar-refractivity contribution >= 4 is 34.8 Å². The van der Waals surface area contributed by atoms with Crippen LogP contribution in [0.3, 0.4) is 0 Å². The van der Waals surface area contributed by atoms with E-state index in [0.717, 1.165) is 11.1 Å². The highest BCUT2D eigenvalue weighted by Gasteiger charge is 2.12. The lowest BCUT2D eigenvalue weighted by Crippen LogP contribution is -2.14. The molecule has 0 saturated heterocycles. The summed E-state index contributed by atoms with van der Waals surface area (Å²) in [6, 6.07) is 26.3. The Morgan fingerprint density at radius 1 is 0.704 bits per heavy atom. The van der Waals surface area contributed by atoms with Crippen LogP contribution in [0.1, 0.15) is 18.1 Å². The molecule has 0 radical (unpaired) electrons. The average Bonchev–Trinajstić information content (AvgIpc) is 2.68. The van der Waals surface area contributed by atoms with Crippen molar-refractivity contribution in [3.05, 3.63) is 96.1 Å². The summed E-state index contributed by atoms with van der Waals surface area (Å²) in [5.41, 5.74) is 3.71. The van der Waals surface area contributed by atoms with Gasteiger partial charge in [0.05, 0.1) is 0 Å². The Balaban J connectivity index is 1.85. The van der Waals surface area contributed by atoms with Crippen molar-refractivity contribution < 1.29 is 9.59 Å². The lowest BCUT2D eigenvalue weighted by molar-refractivity contribution is -0.114. The highest BCUT2D eigenvalue weighted by molar-refractivity contribution is 6.29. The number of benzene rings is 3. The van der Waals surface area contributed by atoms with Gasteiger partial charge in [0.2, 0.25) is 5.91 Å². The monoisotopic (exact) mass is 356 g/mol. The molecule has 0 saturated carbocycles. The first kappa shape index (κ1) is 18.1. The first-order valence-electron chi connectivity index (χ1n) is 8.63. The number of carbonyl (C=O) groups excluding carboxylic acids is 2. The molecule has 27 heavy (non-hydrogen) atoms. The third-order valence-electron chi connectivity index (χ3n) is 3.90. The van der Waals surface area contributed by atoms with E-state index in [1.54, 1.807) is 24.3 Å². The van der Waals surface area contributed by atoms with Crippen LogP contribution in [0.2, 0.25) is 0 Å². The summed E-state index contributed by atoms with van der Waals surface area (Å²) < 4.78 is 0. The Labute approximate surface area is 158 Å². The van der Waals surface area contributed by atoms with E-state index in [1.807, 2.05) is 66.7 Å². The molecule has 2 amide bonds. The van der Waals surface area contributed by atoms with E-state index in [0.29, 0.717) is 16.9 Å². The van der Waals surface area contributed by atoms with Gasteiger partial charge in [-0.25, -0.2) is 0 Å². The summed E-state index contributed by atoms with van der Waals surface area (Å²) in [6.07, 6.45) is 1.87. The first-order valence-corrected chi connectivity index (χ1v) is 8.63. The summed E-state index contributed by atoms with van der Waals surface area (Å²) in [6.45, 7) is 1.45. The number of carbonyl (C=O) groups is 2. The highest BCUT2D eigenvalue weighted by Crippen LogP contribution is 2.21. The van der Waals surface area contributed by atoms with E-state index in [2.05, 4.69) is 10.6 Å². The van der Waals surface area contributed by atoms with Crippen LogP contribution in [-0.4, -0.2) is 11.8 Å². The highest BCUT2D eigenvalue weighted by atomic mass is 16.2. The number of anilines is 2. The zero-order chi connectivity index (χ0) is 19.1. The smallest absolute Gasteiger partial charge is 0.256 e. The van der Waals surface area contributed by atoms with Gasteiger partial charge >= 0.3 is 0 Å². The predicted octanol–water partition coefficient (Wildman–Crippen LogP) is 4.82. The molecule has 0 bridgehead atoms. The summed E-state index contributed by atoms with van der Waals surface area (Å²) >= 11 is 0. The van der Waals surface area contributed by atoms with Gasteiger partial charge in [0.1, 0.15) is 0 Å². The van der Waals surface area contributed by atoms with Crippen LogP contribution in [0.4, 0.5) is 11.4 Å². The number of hydrogen-bond donors (Lipinski definition) is 2. The van der Waals surface area contributed by atoms with E-state index < -0.39 is 0 Å². The Morgan fingerprint density at radius 2 is 1.22 bits per heavy atom. The Kier molecular flexibility index (Phi) is 5.80. The maximum Gasteiger partial charge on any atom is 0.256 e. The fourth-order valence-corrected chi connectivity index (χ4v) is 2.65. The largest absolute Gasteiger partial charge is 0.326 e. The van der Waals surface area contributed by atoms with Gasteiger partial charge in [-0.3, -0.25) is 9.59 Å². The maximum absolute atomic E-state index is 12.9. The summed E-state index contributed by atoms with van der Waals surface area (Å²) in [7, 11) is 0. The van der Waals surface area contributed by atoms with Crippen LogP contribution in [0.15, 0.2) is 84.9 Å². The summed E-state index contributed by atoms with van der Waals surface area (Å²) in [5.74, 6) is -0.332. The fourth-order valence-electron chi connectivity index (χ4n) is 2.65. The van der Waals surface area contributed by atoms with Crippen molar-refractivity contribution in [2.45, 2.75) is 6.92 Å². The molecule has 3 rings (SSSR count). The SMILES string of the molecule is CC(=O)Nc1ccc(NC(=O)/C(=C/c2ccccc2)c2ccccc2)cc1. The Hall–Kier alpha value is -3.66. The second-order valence-electron chi connectivity index (χ2n) is 6.05. The van der Waals surface area contributed by atoms with Crippen molar-refractivity contribution in [2.75, 3.05) is 10.6 Å². The van der Waals surface area contributed by atoms with Crippen LogP contribution in [0.5, 0.6) is 0 Å². The van der Waals surface area contributed by atoms with Crippen molar-refractivity contribution in [2.24, 2.45) is 0 Å². The van der Waals surface area contributed by atoms with E-state index in [1.165, 1.54) is 6.92 Å². The number of nitrogens with one attached hydrogen (secondary N) is 2. The van der Waals surface area contributed by atoms with Crippen molar-refractivity contribution in [1.82, 2.24) is 0 Å². The Morgan fingerprint density at radius 3 is 1.78 bits per heavy atom. The lowest BCUT2D eigenvalue weighted by atomic mass is 10.0. The van der Waals surface area contributed by atoms with Gasteiger partial charge in [-0.1, -0.05) is 60.7 Å². The fraction of sp³-hybridized carbons (Fsp3) is 0.0435. The van der Waals surface area contributed by atoms with Crippen molar-refractivity contribution in [3.63, 3.8) is 0 Å². The maximum atomic E-state index is 12.9. The third-order valence-corrected chi connectivity index (χ3v) is 3.90. The normalized spacial score (nSPS) is 10.9. The van der Waals surface area contributed by atoms with Crippen LogP contribution in [-0.2, 0) is 9.59 Å². The van der Waals surface area contributed by atoms with Crippen molar-refractivity contribution in [3.8, 4) is 0 Å². The molecule has 4 nitrogen and oxygen atoms in total. The minimum absolute atomic E-state index is 0.135. The summed E-state index contributed by atoms with van der Waals surface area (Å²) in [4.78, 5) is 24.0. The first-order chi connectivity index (χ1) is 13.1. The molecule has 134 valence electrons. The molecule has 0 aliphatic carbocycles. The van der Waals surface area contributed by atoms with Crippen LogP contribution < -0.4 is 10.6 Å². The van der Waals surface area contributed by atoms with Gasteiger partial charge in [0, 0.05) is 23.9 Å².